The average molecular weight is 356 g/mol. The highest BCUT2D eigenvalue weighted by atomic mass is 32.1. The van der Waals surface area contributed by atoms with Crippen LogP contribution in [0.3, 0.4) is 0 Å². The van der Waals surface area contributed by atoms with Gasteiger partial charge in [-0.05, 0) is 42.5 Å². The molecule has 2 aromatic rings. The molecule has 7 heteroatoms. The van der Waals surface area contributed by atoms with Crippen LogP contribution >= 0.6 is 11.3 Å². The summed E-state index contributed by atoms with van der Waals surface area (Å²) in [6.45, 7) is 1.52. The van der Waals surface area contributed by atoms with Gasteiger partial charge >= 0.3 is 0 Å². The molecule has 2 fully saturated rings. The Hall–Kier alpha value is -2.28. The molecule has 130 valence electrons. The van der Waals surface area contributed by atoms with Gasteiger partial charge in [-0.2, -0.15) is 0 Å². The molecule has 4 rings (SSSR count). The summed E-state index contributed by atoms with van der Waals surface area (Å²) < 4.78 is 0. The summed E-state index contributed by atoms with van der Waals surface area (Å²) in [6.07, 6.45) is 8.56. The number of hydrogen-bond donors (Lipinski definition) is 1. The molecule has 0 bridgehead atoms. The van der Waals surface area contributed by atoms with E-state index < -0.39 is 0 Å². The highest BCUT2D eigenvalue weighted by molar-refractivity contribution is 7.12. The second kappa shape index (κ2) is 6.55. The Labute approximate surface area is 150 Å². The zero-order valence-corrected chi connectivity index (χ0v) is 14.7. The lowest BCUT2D eigenvalue weighted by atomic mass is 9.59. The number of thiophene rings is 1. The molecule has 1 saturated heterocycles. The van der Waals surface area contributed by atoms with E-state index in [-0.39, 0.29) is 23.3 Å². The molecular formula is C18H20N4O2S. The van der Waals surface area contributed by atoms with Crippen LogP contribution < -0.4 is 5.32 Å². The largest absolute Gasteiger partial charge is 0.347 e. The van der Waals surface area contributed by atoms with Crippen molar-refractivity contribution in [2.45, 2.75) is 31.7 Å². The van der Waals surface area contributed by atoms with Crippen molar-refractivity contribution < 1.29 is 9.59 Å². The summed E-state index contributed by atoms with van der Waals surface area (Å²) in [5, 5.41) is 5.06. The Morgan fingerprint density at radius 1 is 1.24 bits per heavy atom. The minimum atomic E-state index is -0.158. The maximum Gasteiger partial charge on any atom is 0.271 e. The Balaban J connectivity index is 1.36. The predicted octanol–water partition coefficient (Wildman–Crippen LogP) is 2.35. The SMILES string of the molecule is O=C(N[C@H]1CCC12CCN(C(=O)c1cccs1)CC2)c1cnccn1. The number of piperidine rings is 1. The van der Waals surface area contributed by atoms with Crippen molar-refractivity contribution >= 4 is 23.2 Å². The number of rotatable bonds is 3. The van der Waals surface area contributed by atoms with Gasteiger partial charge in [-0.25, -0.2) is 4.98 Å². The third-order valence-electron chi connectivity index (χ3n) is 5.55. The van der Waals surface area contributed by atoms with Crippen molar-refractivity contribution in [3.05, 3.63) is 46.7 Å². The van der Waals surface area contributed by atoms with Crippen LogP contribution in [0, 0.1) is 5.41 Å². The van der Waals surface area contributed by atoms with Gasteiger partial charge in [-0.1, -0.05) is 6.07 Å². The summed E-state index contributed by atoms with van der Waals surface area (Å²) in [7, 11) is 0. The van der Waals surface area contributed by atoms with E-state index in [2.05, 4.69) is 15.3 Å². The number of amides is 2. The second-order valence-corrected chi connectivity index (χ2v) is 7.73. The Kier molecular flexibility index (Phi) is 4.25. The maximum atomic E-state index is 12.5. The van der Waals surface area contributed by atoms with E-state index in [9.17, 15) is 9.59 Å². The van der Waals surface area contributed by atoms with Crippen molar-refractivity contribution in [2.75, 3.05) is 13.1 Å². The molecule has 1 N–H and O–H groups in total. The third-order valence-corrected chi connectivity index (χ3v) is 6.41. The summed E-state index contributed by atoms with van der Waals surface area (Å²) >= 11 is 1.49. The van der Waals surface area contributed by atoms with Crippen molar-refractivity contribution in [1.82, 2.24) is 20.2 Å². The monoisotopic (exact) mass is 356 g/mol. The molecule has 0 unspecified atom stereocenters. The van der Waals surface area contributed by atoms with Gasteiger partial charge in [-0.3, -0.25) is 14.6 Å². The number of likely N-dealkylation sites (tertiary alicyclic amines) is 1. The maximum absolute atomic E-state index is 12.5. The van der Waals surface area contributed by atoms with E-state index in [1.165, 1.54) is 23.7 Å². The van der Waals surface area contributed by atoms with Crippen LogP contribution in [-0.4, -0.2) is 45.8 Å². The van der Waals surface area contributed by atoms with Crippen LogP contribution in [0.25, 0.3) is 0 Å². The van der Waals surface area contributed by atoms with Gasteiger partial charge in [0.1, 0.15) is 5.69 Å². The molecular weight excluding hydrogens is 336 g/mol. The summed E-state index contributed by atoms with van der Waals surface area (Å²) in [5.74, 6) is -0.0291. The van der Waals surface area contributed by atoms with Crippen molar-refractivity contribution in [1.29, 1.82) is 0 Å². The number of nitrogens with one attached hydrogen (secondary N) is 1. The van der Waals surface area contributed by atoms with Gasteiger partial charge in [0.2, 0.25) is 0 Å². The molecule has 0 aromatic carbocycles. The van der Waals surface area contributed by atoms with Crippen molar-refractivity contribution in [3.8, 4) is 0 Å². The number of carbonyl (C=O) groups excluding carboxylic acids is 2. The molecule has 2 aromatic heterocycles. The topological polar surface area (TPSA) is 75.2 Å². The highest BCUT2D eigenvalue weighted by Crippen LogP contribution is 2.49. The first-order valence-corrected chi connectivity index (χ1v) is 9.46. The first-order chi connectivity index (χ1) is 12.2. The Bertz CT molecular complexity index is 755. The lowest BCUT2D eigenvalue weighted by molar-refractivity contribution is -0.00225. The van der Waals surface area contributed by atoms with Crippen molar-refractivity contribution in [3.63, 3.8) is 0 Å². The molecule has 1 aliphatic carbocycles. The molecule has 2 aliphatic rings. The van der Waals surface area contributed by atoms with Gasteiger partial charge in [0.05, 0.1) is 11.1 Å². The molecule has 3 heterocycles. The van der Waals surface area contributed by atoms with Gasteiger partial charge < -0.3 is 10.2 Å². The zero-order chi connectivity index (χ0) is 17.3. The number of aromatic nitrogens is 2. The van der Waals surface area contributed by atoms with Gasteiger partial charge in [-0.15, -0.1) is 11.3 Å². The molecule has 0 radical (unpaired) electrons. The summed E-state index contributed by atoms with van der Waals surface area (Å²) in [5.41, 5.74) is 0.485. The van der Waals surface area contributed by atoms with Gasteiger partial charge in [0.25, 0.3) is 11.8 Å². The van der Waals surface area contributed by atoms with Gasteiger partial charge in [0.15, 0.2) is 0 Å². The minimum Gasteiger partial charge on any atom is -0.347 e. The molecule has 1 aliphatic heterocycles. The van der Waals surface area contributed by atoms with E-state index in [0.29, 0.717) is 5.69 Å². The number of hydrogen-bond acceptors (Lipinski definition) is 5. The lowest BCUT2D eigenvalue weighted by Gasteiger charge is -2.54. The summed E-state index contributed by atoms with van der Waals surface area (Å²) in [6, 6.07) is 3.96. The van der Waals surface area contributed by atoms with Crippen LogP contribution in [0.2, 0.25) is 0 Å². The van der Waals surface area contributed by atoms with E-state index in [1.54, 1.807) is 6.20 Å². The van der Waals surface area contributed by atoms with Crippen LogP contribution in [0.1, 0.15) is 45.8 Å². The van der Waals surface area contributed by atoms with Crippen LogP contribution in [-0.2, 0) is 0 Å². The third kappa shape index (κ3) is 3.04. The van der Waals surface area contributed by atoms with Crippen LogP contribution in [0.15, 0.2) is 36.1 Å². The molecule has 1 atom stereocenters. The first-order valence-electron chi connectivity index (χ1n) is 8.58. The second-order valence-electron chi connectivity index (χ2n) is 6.79. The minimum absolute atomic E-state index is 0.129. The highest BCUT2D eigenvalue weighted by Gasteiger charge is 2.49. The van der Waals surface area contributed by atoms with E-state index >= 15 is 0 Å². The fraction of sp³-hybridized carbons (Fsp3) is 0.444. The van der Waals surface area contributed by atoms with E-state index in [1.807, 2.05) is 22.4 Å². The average Bonchev–Trinajstić information content (AvgIpc) is 3.20. The standard InChI is InChI=1S/C18H20N4O2S/c23-16(13-12-19-7-8-20-13)21-15-3-4-18(15)5-9-22(10-6-18)17(24)14-2-1-11-25-14/h1-2,7-8,11-12,15H,3-6,9-10H2,(H,21,23)/t15-/m0/s1. The fourth-order valence-electron chi connectivity index (χ4n) is 3.88. The van der Waals surface area contributed by atoms with Gasteiger partial charge in [0, 0.05) is 31.5 Å². The molecule has 1 saturated carbocycles. The van der Waals surface area contributed by atoms with Crippen LogP contribution in [0.4, 0.5) is 0 Å². The van der Waals surface area contributed by atoms with E-state index in [4.69, 9.17) is 0 Å². The normalized spacial score (nSPS) is 21.6. The molecule has 6 nitrogen and oxygen atoms in total. The number of carbonyl (C=O) groups is 2. The fourth-order valence-corrected chi connectivity index (χ4v) is 4.57. The quantitative estimate of drug-likeness (QED) is 0.916. The predicted molar refractivity (Wildman–Crippen MR) is 94.4 cm³/mol. The van der Waals surface area contributed by atoms with E-state index in [0.717, 1.165) is 43.6 Å². The Morgan fingerprint density at radius 3 is 2.68 bits per heavy atom. The zero-order valence-electron chi connectivity index (χ0n) is 13.9. The Morgan fingerprint density at radius 2 is 2.08 bits per heavy atom. The first kappa shape index (κ1) is 16.2. The molecule has 2 amide bonds. The summed E-state index contributed by atoms with van der Waals surface area (Å²) in [4.78, 5) is 35.6. The lowest BCUT2D eigenvalue weighted by Crippen LogP contribution is -2.59. The number of nitrogens with zero attached hydrogens (tertiary/aromatic N) is 3. The molecule has 1 spiro atoms. The smallest absolute Gasteiger partial charge is 0.271 e. The molecule has 25 heavy (non-hydrogen) atoms. The van der Waals surface area contributed by atoms with Crippen molar-refractivity contribution in [2.24, 2.45) is 5.41 Å². The van der Waals surface area contributed by atoms with Crippen LogP contribution in [0.5, 0.6) is 0 Å².